The number of carbonyl (C=O) groups is 2. The van der Waals surface area contributed by atoms with Crippen molar-refractivity contribution >= 4 is 46.4 Å². The molecule has 1 heterocycles. The number of halogens is 2. The van der Waals surface area contributed by atoms with Crippen molar-refractivity contribution < 1.29 is 19.4 Å². The summed E-state index contributed by atoms with van der Waals surface area (Å²) in [6, 6.07) is 0.262. The fourth-order valence-electron chi connectivity index (χ4n) is 1.05. The second-order valence-corrected chi connectivity index (χ2v) is 5.26. The first kappa shape index (κ1) is 14.2. The quantitative estimate of drug-likeness (QED) is 0.822. The normalized spacial score (nSPS) is 12.0. The van der Waals surface area contributed by atoms with E-state index in [2.05, 4.69) is 10.1 Å². The summed E-state index contributed by atoms with van der Waals surface area (Å²) in [6.45, 7) is -0.562. The average Bonchev–Trinajstić information content (AvgIpc) is 2.64. The number of amides is 1. The van der Waals surface area contributed by atoms with E-state index in [1.54, 1.807) is 0 Å². The Hall–Kier alpha value is -0.820. The Morgan fingerprint density at radius 1 is 1.59 bits per heavy atom. The SMILES string of the molecule is COC(=O)C(CO)NC(=O)c1cc(Cl)sc1Cl. The van der Waals surface area contributed by atoms with Gasteiger partial charge in [-0.2, -0.15) is 0 Å². The van der Waals surface area contributed by atoms with Gasteiger partial charge in [0.15, 0.2) is 6.04 Å². The molecule has 0 radical (unpaired) electrons. The highest BCUT2D eigenvalue weighted by atomic mass is 35.5. The van der Waals surface area contributed by atoms with Gasteiger partial charge in [-0.1, -0.05) is 23.2 Å². The number of carbonyl (C=O) groups excluding carboxylic acids is 2. The van der Waals surface area contributed by atoms with Gasteiger partial charge in [0, 0.05) is 0 Å². The summed E-state index contributed by atoms with van der Waals surface area (Å²) in [4.78, 5) is 22.8. The first-order valence-corrected chi connectivity index (χ1v) is 6.01. The lowest BCUT2D eigenvalue weighted by atomic mass is 10.2. The van der Waals surface area contributed by atoms with Crippen LogP contribution >= 0.6 is 34.5 Å². The summed E-state index contributed by atoms with van der Waals surface area (Å²) in [6.07, 6.45) is 0. The third-order valence-corrected chi connectivity index (χ3v) is 3.36. The minimum absolute atomic E-state index is 0.156. The number of nitrogens with one attached hydrogen (secondary N) is 1. The molecule has 2 N–H and O–H groups in total. The highest BCUT2D eigenvalue weighted by molar-refractivity contribution is 7.20. The molecule has 1 unspecified atom stereocenters. The molecule has 17 heavy (non-hydrogen) atoms. The number of hydrogen-bond donors (Lipinski definition) is 2. The van der Waals surface area contributed by atoms with Gasteiger partial charge in [-0.15, -0.1) is 11.3 Å². The Kier molecular flexibility index (Phi) is 5.20. The van der Waals surface area contributed by atoms with E-state index in [0.717, 1.165) is 18.4 Å². The summed E-state index contributed by atoms with van der Waals surface area (Å²) >= 11 is 12.5. The van der Waals surface area contributed by atoms with Gasteiger partial charge in [0.05, 0.1) is 23.6 Å². The molecular weight excluding hydrogens is 289 g/mol. The van der Waals surface area contributed by atoms with Gasteiger partial charge in [0.25, 0.3) is 5.91 Å². The third kappa shape index (κ3) is 3.57. The maximum Gasteiger partial charge on any atom is 0.330 e. The van der Waals surface area contributed by atoms with E-state index >= 15 is 0 Å². The predicted octanol–water partition coefficient (Wildman–Crippen LogP) is 1.32. The van der Waals surface area contributed by atoms with Crippen molar-refractivity contribution in [2.75, 3.05) is 13.7 Å². The Morgan fingerprint density at radius 2 is 2.24 bits per heavy atom. The summed E-state index contributed by atoms with van der Waals surface area (Å²) in [7, 11) is 1.16. The number of aliphatic hydroxyl groups excluding tert-OH is 1. The number of methoxy groups -OCH3 is 1. The second kappa shape index (κ2) is 6.20. The lowest BCUT2D eigenvalue weighted by Gasteiger charge is -2.13. The van der Waals surface area contributed by atoms with Gasteiger partial charge in [-0.3, -0.25) is 4.79 Å². The van der Waals surface area contributed by atoms with Crippen molar-refractivity contribution in [3.05, 3.63) is 20.3 Å². The van der Waals surface area contributed by atoms with Crippen LogP contribution in [0.15, 0.2) is 6.07 Å². The van der Waals surface area contributed by atoms with Gasteiger partial charge >= 0.3 is 5.97 Å². The van der Waals surface area contributed by atoms with Crippen LogP contribution in [0, 0.1) is 0 Å². The van der Waals surface area contributed by atoms with Crippen molar-refractivity contribution in [3.63, 3.8) is 0 Å². The number of esters is 1. The Bertz CT molecular complexity index is 435. The molecule has 0 spiro atoms. The van der Waals surface area contributed by atoms with Crippen LogP contribution in [0.4, 0.5) is 0 Å². The molecule has 8 heteroatoms. The number of aliphatic hydroxyl groups is 1. The van der Waals surface area contributed by atoms with Gasteiger partial charge in [0.1, 0.15) is 4.34 Å². The molecule has 1 rings (SSSR count). The summed E-state index contributed by atoms with van der Waals surface area (Å²) < 4.78 is 4.98. The Balaban J connectivity index is 2.78. The van der Waals surface area contributed by atoms with Crippen LogP contribution in [0.2, 0.25) is 8.67 Å². The van der Waals surface area contributed by atoms with Crippen molar-refractivity contribution in [2.24, 2.45) is 0 Å². The summed E-state index contributed by atoms with van der Waals surface area (Å²) in [5.74, 6) is -1.33. The van der Waals surface area contributed by atoms with Crippen molar-refractivity contribution in [3.8, 4) is 0 Å². The molecule has 0 aliphatic carbocycles. The zero-order valence-corrected chi connectivity index (χ0v) is 11.0. The maximum absolute atomic E-state index is 11.7. The maximum atomic E-state index is 11.7. The van der Waals surface area contributed by atoms with Crippen LogP contribution in [0.1, 0.15) is 10.4 Å². The van der Waals surface area contributed by atoms with E-state index in [4.69, 9.17) is 28.3 Å². The molecule has 94 valence electrons. The lowest BCUT2D eigenvalue weighted by molar-refractivity contribution is -0.143. The number of ether oxygens (including phenoxy) is 1. The van der Waals surface area contributed by atoms with Gasteiger partial charge in [-0.05, 0) is 6.07 Å². The summed E-state index contributed by atoms with van der Waals surface area (Å²) in [5, 5.41) is 11.2. The fraction of sp³-hybridized carbons (Fsp3) is 0.333. The molecule has 0 aliphatic rings. The monoisotopic (exact) mass is 297 g/mol. The Labute approximate surface area is 111 Å². The molecular formula is C9H9Cl2NO4S. The predicted molar refractivity (Wildman–Crippen MR) is 64.7 cm³/mol. The molecule has 0 aliphatic heterocycles. The smallest absolute Gasteiger partial charge is 0.330 e. The second-order valence-electron chi connectivity index (χ2n) is 2.97. The third-order valence-electron chi connectivity index (χ3n) is 1.87. The molecule has 0 bridgehead atoms. The minimum atomic E-state index is -1.12. The van der Waals surface area contributed by atoms with E-state index in [9.17, 15) is 9.59 Å². The number of rotatable bonds is 4. The van der Waals surface area contributed by atoms with Crippen molar-refractivity contribution in [1.82, 2.24) is 5.32 Å². The number of hydrogen-bond acceptors (Lipinski definition) is 5. The highest BCUT2D eigenvalue weighted by Gasteiger charge is 2.23. The van der Waals surface area contributed by atoms with E-state index < -0.39 is 24.5 Å². The topological polar surface area (TPSA) is 75.6 Å². The molecule has 5 nitrogen and oxygen atoms in total. The van der Waals surface area contributed by atoms with Gasteiger partial charge in [-0.25, -0.2) is 4.79 Å². The molecule has 1 aromatic heterocycles. The molecule has 1 atom stereocenters. The Morgan fingerprint density at radius 3 is 2.65 bits per heavy atom. The largest absolute Gasteiger partial charge is 0.467 e. The van der Waals surface area contributed by atoms with E-state index in [-0.39, 0.29) is 9.90 Å². The van der Waals surface area contributed by atoms with Gasteiger partial charge < -0.3 is 15.2 Å². The van der Waals surface area contributed by atoms with Crippen LogP contribution in [0.3, 0.4) is 0 Å². The standard InChI is InChI=1S/C9H9Cl2NO4S/c1-16-9(15)5(3-13)12-8(14)4-2-6(10)17-7(4)11/h2,5,13H,3H2,1H3,(H,12,14). The van der Waals surface area contributed by atoms with Crippen LogP contribution in [0.5, 0.6) is 0 Å². The molecule has 0 fully saturated rings. The first-order chi connectivity index (χ1) is 7.99. The molecule has 0 saturated heterocycles. The average molecular weight is 298 g/mol. The minimum Gasteiger partial charge on any atom is -0.467 e. The van der Waals surface area contributed by atoms with Crippen LogP contribution in [-0.4, -0.2) is 36.7 Å². The zero-order valence-electron chi connectivity index (χ0n) is 8.70. The molecule has 0 saturated carbocycles. The van der Waals surface area contributed by atoms with E-state index in [1.807, 2.05) is 0 Å². The molecule has 1 amide bonds. The summed E-state index contributed by atoms with van der Waals surface area (Å²) in [5.41, 5.74) is 0.156. The zero-order chi connectivity index (χ0) is 13.0. The first-order valence-electron chi connectivity index (χ1n) is 4.44. The number of thiophene rings is 1. The van der Waals surface area contributed by atoms with Crippen molar-refractivity contribution in [2.45, 2.75) is 6.04 Å². The van der Waals surface area contributed by atoms with Crippen LogP contribution in [0.25, 0.3) is 0 Å². The van der Waals surface area contributed by atoms with E-state index in [1.165, 1.54) is 6.07 Å². The van der Waals surface area contributed by atoms with Crippen LogP contribution < -0.4 is 5.32 Å². The molecule has 0 aromatic carbocycles. The lowest BCUT2D eigenvalue weighted by Crippen LogP contribution is -2.44. The van der Waals surface area contributed by atoms with Crippen molar-refractivity contribution in [1.29, 1.82) is 0 Å². The van der Waals surface area contributed by atoms with E-state index in [0.29, 0.717) is 4.34 Å². The van der Waals surface area contributed by atoms with Crippen LogP contribution in [-0.2, 0) is 9.53 Å². The highest BCUT2D eigenvalue weighted by Crippen LogP contribution is 2.30. The van der Waals surface area contributed by atoms with Gasteiger partial charge in [0.2, 0.25) is 0 Å². The molecule has 1 aromatic rings. The fourth-order valence-corrected chi connectivity index (χ4v) is 2.51.